The van der Waals surface area contributed by atoms with Crippen LogP contribution in [0.5, 0.6) is 5.75 Å². The number of hydrogen-bond donors (Lipinski definition) is 2. The standard InChI is InChI=1S/C14H17N3O3/c1-10(2)8-16-14(19)17-13(18)9-20-12-5-3-11(7-15)4-6-12/h3-6,10H,8-9H2,1-2H3,(H2,16,17,18,19). The van der Waals surface area contributed by atoms with Crippen LogP contribution in [-0.4, -0.2) is 25.1 Å². The molecule has 0 fully saturated rings. The smallest absolute Gasteiger partial charge is 0.321 e. The van der Waals surface area contributed by atoms with Crippen LogP contribution in [0.3, 0.4) is 0 Å². The maximum absolute atomic E-state index is 11.4. The van der Waals surface area contributed by atoms with Gasteiger partial charge in [0.05, 0.1) is 11.6 Å². The third-order valence-corrected chi connectivity index (χ3v) is 2.28. The molecule has 0 heterocycles. The average molecular weight is 275 g/mol. The summed E-state index contributed by atoms with van der Waals surface area (Å²) in [6.07, 6.45) is 0. The maximum Gasteiger partial charge on any atom is 0.321 e. The number of carbonyl (C=O) groups excluding carboxylic acids is 2. The van der Waals surface area contributed by atoms with Crippen molar-refractivity contribution in [3.8, 4) is 11.8 Å². The summed E-state index contributed by atoms with van der Waals surface area (Å²) in [5.74, 6) is 0.239. The van der Waals surface area contributed by atoms with E-state index in [9.17, 15) is 9.59 Å². The molecule has 0 saturated heterocycles. The second kappa shape index (κ2) is 7.79. The first kappa shape index (κ1) is 15.5. The Labute approximate surface area is 117 Å². The van der Waals surface area contributed by atoms with Crippen LogP contribution in [0.4, 0.5) is 4.79 Å². The third-order valence-electron chi connectivity index (χ3n) is 2.28. The van der Waals surface area contributed by atoms with Gasteiger partial charge in [0.15, 0.2) is 6.61 Å². The van der Waals surface area contributed by atoms with Crippen molar-refractivity contribution in [3.63, 3.8) is 0 Å². The lowest BCUT2D eigenvalue weighted by molar-refractivity contribution is -0.122. The zero-order valence-electron chi connectivity index (χ0n) is 11.5. The number of benzene rings is 1. The van der Waals surface area contributed by atoms with E-state index in [0.717, 1.165) is 0 Å². The summed E-state index contributed by atoms with van der Waals surface area (Å²) in [5.41, 5.74) is 0.509. The molecule has 0 radical (unpaired) electrons. The van der Waals surface area contributed by atoms with Crippen LogP contribution in [0, 0.1) is 17.2 Å². The highest BCUT2D eigenvalue weighted by Crippen LogP contribution is 2.11. The summed E-state index contributed by atoms with van der Waals surface area (Å²) in [6.45, 7) is 4.14. The number of carbonyl (C=O) groups is 2. The van der Waals surface area contributed by atoms with Crippen LogP contribution in [0.15, 0.2) is 24.3 Å². The van der Waals surface area contributed by atoms with Crippen molar-refractivity contribution >= 4 is 11.9 Å². The number of nitriles is 1. The Balaban J connectivity index is 2.32. The Morgan fingerprint density at radius 3 is 2.50 bits per heavy atom. The summed E-state index contributed by atoms with van der Waals surface area (Å²) < 4.78 is 5.19. The fourth-order valence-electron chi connectivity index (χ4n) is 1.28. The van der Waals surface area contributed by atoms with Gasteiger partial charge in [0.25, 0.3) is 5.91 Å². The van der Waals surface area contributed by atoms with E-state index < -0.39 is 11.9 Å². The molecule has 0 saturated carbocycles. The molecule has 0 aliphatic heterocycles. The van der Waals surface area contributed by atoms with Crippen LogP contribution >= 0.6 is 0 Å². The predicted octanol–water partition coefficient (Wildman–Crippen LogP) is 1.42. The summed E-state index contributed by atoms with van der Waals surface area (Å²) in [5, 5.41) is 13.4. The Hall–Kier alpha value is -2.55. The third kappa shape index (κ3) is 5.87. The van der Waals surface area contributed by atoms with Gasteiger partial charge < -0.3 is 10.1 Å². The number of ether oxygens (including phenoxy) is 1. The van der Waals surface area contributed by atoms with Gasteiger partial charge in [0.2, 0.25) is 0 Å². The molecular weight excluding hydrogens is 258 g/mol. The Bertz CT molecular complexity index is 503. The molecule has 6 heteroatoms. The van der Waals surface area contributed by atoms with Gasteiger partial charge in [-0.15, -0.1) is 0 Å². The van der Waals surface area contributed by atoms with Crippen molar-refractivity contribution in [3.05, 3.63) is 29.8 Å². The van der Waals surface area contributed by atoms with E-state index in [1.165, 1.54) is 0 Å². The molecule has 0 bridgehead atoms. The SMILES string of the molecule is CC(C)CNC(=O)NC(=O)COc1ccc(C#N)cc1. The second-order valence-electron chi connectivity index (χ2n) is 4.58. The summed E-state index contributed by atoms with van der Waals surface area (Å²) in [7, 11) is 0. The lowest BCUT2D eigenvalue weighted by Gasteiger charge is -2.09. The quantitative estimate of drug-likeness (QED) is 0.850. The first-order valence-corrected chi connectivity index (χ1v) is 6.22. The average Bonchev–Trinajstić information content (AvgIpc) is 2.43. The number of nitrogens with one attached hydrogen (secondary N) is 2. The number of nitrogens with zero attached hydrogens (tertiary/aromatic N) is 1. The van der Waals surface area contributed by atoms with Crippen molar-refractivity contribution < 1.29 is 14.3 Å². The minimum atomic E-state index is -0.535. The van der Waals surface area contributed by atoms with Crippen LogP contribution in [0.2, 0.25) is 0 Å². The Kier molecular flexibility index (Phi) is 6.04. The van der Waals surface area contributed by atoms with E-state index in [4.69, 9.17) is 10.00 Å². The van der Waals surface area contributed by atoms with Crippen LogP contribution in [0.25, 0.3) is 0 Å². The van der Waals surface area contributed by atoms with Crippen molar-refractivity contribution in [1.29, 1.82) is 5.26 Å². The van der Waals surface area contributed by atoms with E-state index in [1.807, 2.05) is 19.9 Å². The monoisotopic (exact) mass is 275 g/mol. The molecular formula is C14H17N3O3. The topological polar surface area (TPSA) is 91.2 Å². The van der Waals surface area contributed by atoms with Crippen molar-refractivity contribution in [2.75, 3.05) is 13.2 Å². The molecule has 0 aliphatic carbocycles. The largest absolute Gasteiger partial charge is 0.484 e. The van der Waals surface area contributed by atoms with Gasteiger partial charge in [0.1, 0.15) is 5.75 Å². The Morgan fingerprint density at radius 1 is 1.30 bits per heavy atom. The number of rotatable bonds is 5. The van der Waals surface area contributed by atoms with Crippen LogP contribution in [-0.2, 0) is 4.79 Å². The zero-order chi connectivity index (χ0) is 15.0. The molecule has 6 nitrogen and oxygen atoms in total. The molecule has 0 aliphatic rings. The van der Waals surface area contributed by atoms with Gasteiger partial charge in [-0.3, -0.25) is 10.1 Å². The molecule has 106 valence electrons. The lowest BCUT2D eigenvalue weighted by atomic mass is 10.2. The predicted molar refractivity (Wildman–Crippen MR) is 73.0 cm³/mol. The maximum atomic E-state index is 11.4. The highest BCUT2D eigenvalue weighted by Gasteiger charge is 2.08. The molecule has 0 unspecified atom stereocenters. The fraction of sp³-hybridized carbons (Fsp3) is 0.357. The van der Waals surface area contributed by atoms with Gasteiger partial charge in [-0.2, -0.15) is 5.26 Å². The first-order valence-electron chi connectivity index (χ1n) is 6.22. The summed E-state index contributed by atoms with van der Waals surface area (Å²) in [6, 6.07) is 7.79. The van der Waals surface area contributed by atoms with E-state index in [2.05, 4.69) is 10.6 Å². The fourth-order valence-corrected chi connectivity index (χ4v) is 1.28. The summed E-state index contributed by atoms with van der Waals surface area (Å²) >= 11 is 0. The molecule has 2 N–H and O–H groups in total. The molecule has 3 amide bonds. The van der Waals surface area contributed by atoms with Gasteiger partial charge >= 0.3 is 6.03 Å². The molecule has 0 atom stereocenters. The van der Waals surface area contributed by atoms with E-state index in [1.54, 1.807) is 24.3 Å². The first-order chi connectivity index (χ1) is 9.51. The van der Waals surface area contributed by atoms with E-state index in [-0.39, 0.29) is 6.61 Å². The zero-order valence-corrected chi connectivity index (χ0v) is 11.5. The molecule has 0 spiro atoms. The van der Waals surface area contributed by atoms with Crippen molar-refractivity contribution in [2.45, 2.75) is 13.8 Å². The molecule has 1 rings (SSSR count). The highest BCUT2D eigenvalue weighted by atomic mass is 16.5. The number of hydrogen-bond acceptors (Lipinski definition) is 4. The lowest BCUT2D eigenvalue weighted by Crippen LogP contribution is -2.42. The molecule has 20 heavy (non-hydrogen) atoms. The van der Waals surface area contributed by atoms with E-state index >= 15 is 0 Å². The second-order valence-corrected chi connectivity index (χ2v) is 4.58. The van der Waals surface area contributed by atoms with Gasteiger partial charge in [-0.25, -0.2) is 4.79 Å². The summed E-state index contributed by atoms with van der Waals surface area (Å²) in [4.78, 5) is 22.8. The minimum Gasteiger partial charge on any atom is -0.484 e. The number of amides is 3. The molecule has 1 aromatic carbocycles. The minimum absolute atomic E-state index is 0.263. The molecule has 0 aromatic heterocycles. The van der Waals surface area contributed by atoms with Gasteiger partial charge in [-0.1, -0.05) is 13.8 Å². The normalized spacial score (nSPS) is 9.70. The van der Waals surface area contributed by atoms with Gasteiger partial charge in [0, 0.05) is 6.54 Å². The van der Waals surface area contributed by atoms with Crippen molar-refractivity contribution in [2.24, 2.45) is 5.92 Å². The van der Waals surface area contributed by atoms with Crippen LogP contribution in [0.1, 0.15) is 19.4 Å². The molecule has 1 aromatic rings. The van der Waals surface area contributed by atoms with Crippen LogP contribution < -0.4 is 15.4 Å². The van der Waals surface area contributed by atoms with Crippen molar-refractivity contribution in [1.82, 2.24) is 10.6 Å². The van der Waals surface area contributed by atoms with Gasteiger partial charge in [-0.05, 0) is 30.2 Å². The number of imide groups is 1. The highest BCUT2D eigenvalue weighted by molar-refractivity contribution is 5.94. The Morgan fingerprint density at radius 2 is 1.95 bits per heavy atom. The number of urea groups is 1. The van der Waals surface area contributed by atoms with E-state index in [0.29, 0.717) is 23.8 Å².